The Labute approximate surface area is 342 Å². The zero-order valence-electron chi connectivity index (χ0n) is 32.1. The molecule has 1 aliphatic carbocycles. The summed E-state index contributed by atoms with van der Waals surface area (Å²) in [4.78, 5) is 43.9. The summed E-state index contributed by atoms with van der Waals surface area (Å²) < 4.78 is 27.0. The zero-order valence-corrected chi connectivity index (χ0v) is 34.4. The van der Waals surface area contributed by atoms with E-state index in [4.69, 9.17) is 64.8 Å². The van der Waals surface area contributed by atoms with Gasteiger partial charge in [-0.25, -0.2) is 4.79 Å². The number of aryl methyl sites for hydroxylation is 2. The van der Waals surface area contributed by atoms with Crippen molar-refractivity contribution in [2.45, 2.75) is 70.0 Å². The Morgan fingerprint density at radius 2 is 1.62 bits per heavy atom. The van der Waals surface area contributed by atoms with Gasteiger partial charge in [-0.3, -0.25) is 9.59 Å². The molecule has 308 valence electrons. The van der Waals surface area contributed by atoms with Crippen molar-refractivity contribution in [1.29, 1.82) is 0 Å². The van der Waals surface area contributed by atoms with Crippen molar-refractivity contribution < 1.29 is 43.2 Å². The molecule has 0 saturated carbocycles. The van der Waals surface area contributed by atoms with Gasteiger partial charge in [0, 0.05) is 29.6 Å². The fourth-order valence-electron chi connectivity index (χ4n) is 6.54. The Kier molecular flexibility index (Phi) is 17.9. The second-order valence-electron chi connectivity index (χ2n) is 13.7. The molecule has 1 unspecified atom stereocenters. The maximum atomic E-state index is 14.4. The number of carboxylic acid groups (broad SMARTS) is 1. The van der Waals surface area contributed by atoms with E-state index < -0.39 is 35.5 Å². The molecule has 0 saturated heterocycles. The fourth-order valence-corrected chi connectivity index (χ4v) is 7.38. The van der Waals surface area contributed by atoms with E-state index >= 15 is 0 Å². The lowest BCUT2D eigenvalue weighted by molar-refractivity contribution is -0.135. The summed E-state index contributed by atoms with van der Waals surface area (Å²) in [6.07, 6.45) is 0.505. The molecule has 3 amide bonds. The van der Waals surface area contributed by atoms with Crippen molar-refractivity contribution in [3.05, 3.63) is 63.3 Å². The zero-order chi connectivity index (χ0) is 40.7. The number of aromatic nitrogens is 1. The van der Waals surface area contributed by atoms with E-state index in [0.29, 0.717) is 93.4 Å². The number of methoxy groups -OCH3 is 1. The average Bonchev–Trinajstić information content (AvgIpc) is 3.53. The molecule has 7 N–H and O–H groups in total. The maximum Gasteiger partial charge on any atom is 0.405 e. The van der Waals surface area contributed by atoms with E-state index in [2.05, 4.69) is 20.9 Å². The van der Waals surface area contributed by atoms with Crippen LogP contribution in [0, 0.1) is 5.92 Å². The SMILES string of the molecule is CC[C@H](C)C(NC(=O)[C@@]1(NC(=O)[C@H](CCc2ccc(OCCOCCOCCOCCOC)cc2)NC(=O)O)CCc2[nH]c3c(Cl)cc(Cl)cc3c2C1)C(N)=S. The Bertz CT molecular complexity index is 1780. The number of hydrogen-bond acceptors (Lipinski definition) is 9. The molecule has 4 atom stereocenters. The lowest BCUT2D eigenvalue weighted by atomic mass is 9.78. The number of hydrogen-bond donors (Lipinski definition) is 6. The topological polar surface area (TPSA) is 195 Å². The molecule has 0 aliphatic heterocycles. The van der Waals surface area contributed by atoms with Crippen molar-refractivity contribution in [3.8, 4) is 5.75 Å². The van der Waals surface area contributed by atoms with Crippen LogP contribution in [0.15, 0.2) is 36.4 Å². The third kappa shape index (κ3) is 12.9. The van der Waals surface area contributed by atoms with Gasteiger partial charge in [-0.2, -0.15) is 0 Å². The molecule has 0 radical (unpaired) electrons. The van der Waals surface area contributed by atoms with Crippen LogP contribution >= 0.6 is 35.4 Å². The molecule has 17 heteroatoms. The molecule has 0 spiro atoms. The Morgan fingerprint density at radius 3 is 2.23 bits per heavy atom. The maximum absolute atomic E-state index is 14.4. The quantitative estimate of drug-likeness (QED) is 0.0526. The lowest BCUT2D eigenvalue weighted by Crippen LogP contribution is -2.66. The highest BCUT2D eigenvalue weighted by Gasteiger charge is 2.46. The molecule has 1 heterocycles. The average molecular weight is 839 g/mol. The Hall–Kier alpha value is -3.70. The summed E-state index contributed by atoms with van der Waals surface area (Å²) in [5.41, 5.74) is 7.79. The first kappa shape index (κ1) is 45.0. The minimum Gasteiger partial charge on any atom is -0.491 e. The molecule has 3 aromatic rings. The van der Waals surface area contributed by atoms with Crippen LogP contribution in [0.5, 0.6) is 5.75 Å². The molecule has 1 aromatic heterocycles. The molecule has 1 aliphatic rings. The van der Waals surface area contributed by atoms with Crippen LogP contribution < -0.4 is 26.4 Å². The molecule has 56 heavy (non-hydrogen) atoms. The highest BCUT2D eigenvalue weighted by Crippen LogP contribution is 2.38. The number of benzene rings is 2. The van der Waals surface area contributed by atoms with Gasteiger partial charge in [-0.05, 0) is 67.0 Å². The molecule has 2 aromatic carbocycles. The first-order chi connectivity index (χ1) is 26.9. The summed E-state index contributed by atoms with van der Waals surface area (Å²) >= 11 is 18.2. The predicted octanol–water partition coefficient (Wildman–Crippen LogP) is 4.98. The number of carbonyl (C=O) groups excluding carboxylic acids is 2. The number of nitrogens with two attached hydrogens (primary N) is 1. The summed E-state index contributed by atoms with van der Waals surface area (Å²) in [5.74, 6) is -0.552. The number of rotatable bonds is 24. The molecule has 4 rings (SSSR count). The van der Waals surface area contributed by atoms with Gasteiger partial charge in [0.15, 0.2) is 0 Å². The number of nitrogens with one attached hydrogen (secondary N) is 4. The summed E-state index contributed by atoms with van der Waals surface area (Å²) in [6, 6.07) is 8.91. The number of ether oxygens (including phenoxy) is 5. The number of H-pyrrole nitrogens is 1. The van der Waals surface area contributed by atoms with Gasteiger partial charge in [-0.1, -0.05) is 67.8 Å². The number of amides is 3. The molecule has 0 bridgehead atoms. The third-order valence-electron chi connectivity index (χ3n) is 9.84. The van der Waals surface area contributed by atoms with Crippen LogP contribution in [-0.4, -0.2) is 111 Å². The number of aromatic amines is 1. The largest absolute Gasteiger partial charge is 0.491 e. The standard InChI is InChI=1S/C39H53Cl2N5O9S/c1-4-24(2)33(35(42)56)45-37(48)39(12-11-31-29(23-39)28-21-26(40)22-30(41)34(28)43-31)46-36(47)32(44-38(49)50)10-7-25-5-8-27(9-6-25)55-20-19-54-18-17-53-16-15-52-14-13-51-3/h5-6,8-9,21-22,24,32-33,43-44H,4,7,10-20,23H2,1-3H3,(H2,42,56)(H,45,48)(H,46,47)(H,49,50)/t24-,32-,33?,39+/m0/s1. The van der Waals surface area contributed by atoms with Gasteiger partial charge >= 0.3 is 6.09 Å². The Morgan fingerprint density at radius 1 is 0.982 bits per heavy atom. The number of halogens is 2. The van der Waals surface area contributed by atoms with Crippen LogP contribution in [-0.2, 0) is 47.8 Å². The number of carbonyl (C=O) groups is 3. The van der Waals surface area contributed by atoms with E-state index in [1.54, 1.807) is 31.4 Å². The monoisotopic (exact) mass is 837 g/mol. The first-order valence-corrected chi connectivity index (χ1v) is 19.9. The highest BCUT2D eigenvalue weighted by molar-refractivity contribution is 7.80. The van der Waals surface area contributed by atoms with Crippen molar-refractivity contribution in [1.82, 2.24) is 20.9 Å². The van der Waals surface area contributed by atoms with Gasteiger partial charge in [0.1, 0.15) is 23.9 Å². The second kappa shape index (κ2) is 22.3. The van der Waals surface area contributed by atoms with Gasteiger partial charge in [0.2, 0.25) is 11.8 Å². The normalized spacial score (nSPS) is 16.7. The van der Waals surface area contributed by atoms with Gasteiger partial charge < -0.3 is 55.5 Å². The highest BCUT2D eigenvalue weighted by atomic mass is 35.5. The van der Waals surface area contributed by atoms with Crippen molar-refractivity contribution in [2.24, 2.45) is 11.7 Å². The molecular weight excluding hydrogens is 785 g/mol. The Balaban J connectivity index is 1.39. The minimum absolute atomic E-state index is 0.0754. The molecule has 0 fully saturated rings. The minimum atomic E-state index is -1.47. The van der Waals surface area contributed by atoms with E-state index in [1.165, 1.54) is 0 Å². The number of thiocarbonyl (C=S) groups is 1. The molecular formula is C39H53Cl2N5O9S. The van der Waals surface area contributed by atoms with Crippen LogP contribution in [0.4, 0.5) is 4.79 Å². The summed E-state index contributed by atoms with van der Waals surface area (Å²) in [5, 5.41) is 19.6. The van der Waals surface area contributed by atoms with E-state index in [-0.39, 0.29) is 30.2 Å². The van der Waals surface area contributed by atoms with Crippen molar-refractivity contribution in [2.75, 3.05) is 60.0 Å². The first-order valence-electron chi connectivity index (χ1n) is 18.7. The third-order valence-corrected chi connectivity index (χ3v) is 10.6. The molecule has 14 nitrogen and oxygen atoms in total. The van der Waals surface area contributed by atoms with Crippen LogP contribution in [0.3, 0.4) is 0 Å². The smallest absolute Gasteiger partial charge is 0.405 e. The van der Waals surface area contributed by atoms with Gasteiger partial charge in [-0.15, -0.1) is 0 Å². The second-order valence-corrected chi connectivity index (χ2v) is 15.1. The van der Waals surface area contributed by atoms with E-state index in [0.717, 1.165) is 22.2 Å². The van der Waals surface area contributed by atoms with Crippen molar-refractivity contribution >= 4 is 69.2 Å². The summed E-state index contributed by atoms with van der Waals surface area (Å²) in [6.45, 7) is 7.56. The van der Waals surface area contributed by atoms with E-state index in [9.17, 15) is 19.5 Å². The van der Waals surface area contributed by atoms with Gasteiger partial charge in [0.25, 0.3) is 0 Å². The fraction of sp³-hybridized carbons (Fsp3) is 0.538. The lowest BCUT2D eigenvalue weighted by Gasteiger charge is -2.39. The van der Waals surface area contributed by atoms with E-state index in [1.807, 2.05) is 26.0 Å². The van der Waals surface area contributed by atoms with Crippen LogP contribution in [0.25, 0.3) is 10.9 Å². The predicted molar refractivity (Wildman–Crippen MR) is 219 cm³/mol. The van der Waals surface area contributed by atoms with Crippen molar-refractivity contribution in [3.63, 3.8) is 0 Å². The van der Waals surface area contributed by atoms with Crippen LogP contribution in [0.2, 0.25) is 10.0 Å². The summed E-state index contributed by atoms with van der Waals surface area (Å²) in [7, 11) is 1.62. The number of fused-ring (bicyclic) bond motifs is 3. The van der Waals surface area contributed by atoms with Gasteiger partial charge in [0.05, 0.1) is 67.8 Å². The van der Waals surface area contributed by atoms with Crippen LogP contribution in [0.1, 0.15) is 49.9 Å².